The number of hydrogen-bond acceptors (Lipinski definition) is 3. The second-order valence-electron chi connectivity index (χ2n) is 5.00. The highest BCUT2D eigenvalue weighted by molar-refractivity contribution is 6.32. The Labute approximate surface area is 145 Å². The van der Waals surface area contributed by atoms with Gasteiger partial charge in [0.15, 0.2) is 0 Å². The molecular formula is C18H18ClN3O2. The van der Waals surface area contributed by atoms with E-state index >= 15 is 0 Å². The maximum absolute atomic E-state index is 11.8. The Morgan fingerprint density at radius 3 is 2.62 bits per heavy atom. The molecule has 2 aromatic rings. The SMILES string of the molecule is O=C(/C=C/c1ccccc1Cl)NCCCNC(=O)c1cccnc1. The van der Waals surface area contributed by atoms with E-state index in [1.54, 1.807) is 30.5 Å². The molecule has 5 nitrogen and oxygen atoms in total. The van der Waals surface area contributed by atoms with Crippen LogP contribution in [0.1, 0.15) is 22.3 Å². The number of rotatable bonds is 7. The van der Waals surface area contributed by atoms with Gasteiger partial charge in [-0.1, -0.05) is 29.8 Å². The number of amides is 2. The lowest BCUT2D eigenvalue weighted by molar-refractivity contribution is -0.116. The summed E-state index contributed by atoms with van der Waals surface area (Å²) >= 11 is 6.01. The Hall–Kier alpha value is -2.66. The number of benzene rings is 1. The summed E-state index contributed by atoms with van der Waals surface area (Å²) < 4.78 is 0. The standard InChI is InChI=1S/C18H18ClN3O2/c19-16-7-2-1-5-14(16)8-9-17(23)21-11-4-12-22-18(24)15-6-3-10-20-13-15/h1-3,5-10,13H,4,11-12H2,(H,21,23)(H,22,24)/b9-8+. The number of aromatic nitrogens is 1. The summed E-state index contributed by atoms with van der Waals surface area (Å²) in [7, 11) is 0. The van der Waals surface area contributed by atoms with Gasteiger partial charge in [-0.3, -0.25) is 14.6 Å². The van der Waals surface area contributed by atoms with Gasteiger partial charge in [-0.2, -0.15) is 0 Å². The van der Waals surface area contributed by atoms with Gasteiger partial charge in [0.2, 0.25) is 5.91 Å². The molecule has 0 aliphatic heterocycles. The molecule has 1 heterocycles. The Bertz CT molecular complexity index is 717. The van der Waals surface area contributed by atoms with Crippen molar-refractivity contribution in [3.8, 4) is 0 Å². The van der Waals surface area contributed by atoms with Crippen molar-refractivity contribution >= 4 is 29.5 Å². The third-order valence-corrected chi connectivity index (χ3v) is 3.53. The number of pyridine rings is 1. The zero-order chi connectivity index (χ0) is 17.2. The molecule has 2 N–H and O–H groups in total. The minimum absolute atomic E-state index is 0.173. The van der Waals surface area contributed by atoms with E-state index in [2.05, 4.69) is 15.6 Å². The van der Waals surface area contributed by atoms with Gasteiger partial charge in [-0.25, -0.2) is 0 Å². The van der Waals surface area contributed by atoms with Gasteiger partial charge in [0.05, 0.1) is 5.56 Å². The van der Waals surface area contributed by atoms with Gasteiger partial charge in [-0.15, -0.1) is 0 Å². The molecule has 2 amide bonds. The lowest BCUT2D eigenvalue weighted by Gasteiger charge is -2.05. The van der Waals surface area contributed by atoms with E-state index in [1.165, 1.54) is 12.3 Å². The van der Waals surface area contributed by atoms with Crippen molar-refractivity contribution in [1.82, 2.24) is 15.6 Å². The normalized spacial score (nSPS) is 10.5. The summed E-state index contributed by atoms with van der Waals surface area (Å²) in [6.45, 7) is 0.946. The summed E-state index contributed by atoms with van der Waals surface area (Å²) in [5, 5.41) is 6.12. The number of carbonyl (C=O) groups is 2. The van der Waals surface area contributed by atoms with E-state index in [1.807, 2.05) is 18.2 Å². The van der Waals surface area contributed by atoms with Crippen molar-refractivity contribution in [1.29, 1.82) is 0 Å². The van der Waals surface area contributed by atoms with E-state index in [4.69, 9.17) is 11.6 Å². The van der Waals surface area contributed by atoms with E-state index in [-0.39, 0.29) is 11.8 Å². The zero-order valence-corrected chi connectivity index (χ0v) is 13.8. The van der Waals surface area contributed by atoms with Crippen LogP contribution in [0.4, 0.5) is 0 Å². The smallest absolute Gasteiger partial charge is 0.252 e. The number of hydrogen-bond donors (Lipinski definition) is 2. The Morgan fingerprint density at radius 1 is 1.08 bits per heavy atom. The van der Waals surface area contributed by atoms with Gasteiger partial charge in [-0.05, 0) is 36.3 Å². The van der Waals surface area contributed by atoms with Crippen molar-refractivity contribution in [2.75, 3.05) is 13.1 Å². The molecule has 2 rings (SSSR count). The molecule has 0 unspecified atom stereocenters. The fraction of sp³-hybridized carbons (Fsp3) is 0.167. The molecule has 0 fully saturated rings. The second-order valence-corrected chi connectivity index (χ2v) is 5.40. The van der Waals surface area contributed by atoms with Crippen molar-refractivity contribution < 1.29 is 9.59 Å². The summed E-state index contributed by atoms with van der Waals surface area (Å²) in [6.07, 6.45) is 6.87. The molecule has 124 valence electrons. The van der Waals surface area contributed by atoms with Gasteiger partial charge < -0.3 is 10.6 Å². The lowest BCUT2D eigenvalue weighted by atomic mass is 10.2. The quantitative estimate of drug-likeness (QED) is 0.599. The molecule has 6 heteroatoms. The molecule has 1 aromatic carbocycles. The van der Waals surface area contributed by atoms with Crippen LogP contribution in [0.2, 0.25) is 5.02 Å². The molecule has 0 bridgehead atoms. The molecule has 0 radical (unpaired) electrons. The third-order valence-electron chi connectivity index (χ3n) is 3.18. The fourth-order valence-electron chi connectivity index (χ4n) is 1.94. The molecule has 0 aliphatic carbocycles. The van der Waals surface area contributed by atoms with Crippen LogP contribution in [0, 0.1) is 0 Å². The zero-order valence-electron chi connectivity index (χ0n) is 13.0. The molecule has 0 aliphatic rings. The highest BCUT2D eigenvalue weighted by atomic mass is 35.5. The number of nitrogens with one attached hydrogen (secondary N) is 2. The first-order valence-corrected chi connectivity index (χ1v) is 7.93. The van der Waals surface area contributed by atoms with Crippen molar-refractivity contribution in [2.24, 2.45) is 0 Å². The van der Waals surface area contributed by atoms with Crippen LogP contribution >= 0.6 is 11.6 Å². The van der Waals surface area contributed by atoms with Crippen molar-refractivity contribution in [2.45, 2.75) is 6.42 Å². The van der Waals surface area contributed by atoms with Crippen LogP contribution in [0.5, 0.6) is 0 Å². The minimum Gasteiger partial charge on any atom is -0.352 e. The van der Waals surface area contributed by atoms with Crippen LogP contribution < -0.4 is 10.6 Å². The van der Waals surface area contributed by atoms with Crippen LogP contribution in [0.25, 0.3) is 6.08 Å². The molecule has 24 heavy (non-hydrogen) atoms. The average Bonchev–Trinajstić information content (AvgIpc) is 2.61. The van der Waals surface area contributed by atoms with Gasteiger partial charge in [0.1, 0.15) is 0 Å². The van der Waals surface area contributed by atoms with E-state index in [0.717, 1.165) is 5.56 Å². The molecule has 0 spiro atoms. The molecule has 0 atom stereocenters. The van der Waals surface area contributed by atoms with Crippen LogP contribution in [-0.2, 0) is 4.79 Å². The lowest BCUT2D eigenvalue weighted by Crippen LogP contribution is -2.29. The Morgan fingerprint density at radius 2 is 1.88 bits per heavy atom. The van der Waals surface area contributed by atoms with Crippen molar-refractivity contribution in [3.05, 3.63) is 71.0 Å². The second kappa shape index (κ2) is 9.47. The number of nitrogens with zero attached hydrogens (tertiary/aromatic N) is 1. The maximum atomic E-state index is 11.8. The third kappa shape index (κ3) is 5.85. The summed E-state index contributed by atoms with van der Waals surface area (Å²) in [6, 6.07) is 10.7. The van der Waals surface area contributed by atoms with Crippen LogP contribution in [-0.4, -0.2) is 29.9 Å². The fourth-order valence-corrected chi connectivity index (χ4v) is 2.13. The van der Waals surface area contributed by atoms with Gasteiger partial charge >= 0.3 is 0 Å². The first-order chi connectivity index (χ1) is 11.7. The molecule has 0 saturated carbocycles. The van der Waals surface area contributed by atoms with Crippen LogP contribution in [0.15, 0.2) is 54.9 Å². The number of halogens is 1. The molecular weight excluding hydrogens is 326 g/mol. The first-order valence-electron chi connectivity index (χ1n) is 7.55. The monoisotopic (exact) mass is 343 g/mol. The average molecular weight is 344 g/mol. The highest BCUT2D eigenvalue weighted by Crippen LogP contribution is 2.15. The largest absolute Gasteiger partial charge is 0.352 e. The van der Waals surface area contributed by atoms with Crippen molar-refractivity contribution in [3.63, 3.8) is 0 Å². The van der Waals surface area contributed by atoms with Gasteiger partial charge in [0, 0.05) is 36.6 Å². The summed E-state index contributed by atoms with van der Waals surface area (Å²) in [5.41, 5.74) is 1.31. The predicted octanol–water partition coefficient (Wildman–Crippen LogP) is 2.68. The number of carbonyl (C=O) groups excluding carboxylic acids is 2. The van der Waals surface area contributed by atoms with E-state index in [0.29, 0.717) is 30.1 Å². The minimum atomic E-state index is -0.200. The highest BCUT2D eigenvalue weighted by Gasteiger charge is 2.03. The Kier molecular flexibility index (Phi) is 6.98. The summed E-state index contributed by atoms with van der Waals surface area (Å²) in [5.74, 6) is -0.374. The topological polar surface area (TPSA) is 71.1 Å². The first kappa shape index (κ1) is 17.7. The molecule has 1 aromatic heterocycles. The Balaban J connectivity index is 1.65. The van der Waals surface area contributed by atoms with E-state index < -0.39 is 0 Å². The summed E-state index contributed by atoms with van der Waals surface area (Å²) in [4.78, 5) is 27.4. The maximum Gasteiger partial charge on any atom is 0.252 e. The molecule has 0 saturated heterocycles. The van der Waals surface area contributed by atoms with Crippen LogP contribution in [0.3, 0.4) is 0 Å². The van der Waals surface area contributed by atoms with Gasteiger partial charge in [0.25, 0.3) is 5.91 Å². The van der Waals surface area contributed by atoms with E-state index in [9.17, 15) is 9.59 Å². The predicted molar refractivity (Wildman–Crippen MR) is 94.7 cm³/mol.